The van der Waals surface area contributed by atoms with Gasteiger partial charge >= 0.3 is 5.97 Å². The average molecular weight is 1100 g/mol. The second-order valence-corrected chi connectivity index (χ2v) is 22.1. The number of rotatable bonds is 55. The SMILES string of the molecule is C/C=C/CC/C=C/CC/C=C/C(O)C(COC1OC(CO)C(O)C(O)C1O)NC(=O)CCCCCCCCCC/C=C\CCCCCCCCCCCCCCOC(=O)CCCCCCCCC/C=C\C/C=C\CCCCC. The van der Waals surface area contributed by atoms with Gasteiger partial charge in [0.15, 0.2) is 6.29 Å². The van der Waals surface area contributed by atoms with E-state index in [1.807, 2.05) is 19.1 Å². The molecule has 1 rings (SSSR count). The molecule has 0 saturated carbocycles. The molecule has 0 aromatic carbocycles. The summed E-state index contributed by atoms with van der Waals surface area (Å²) in [5, 5.41) is 54.2. The van der Waals surface area contributed by atoms with Gasteiger partial charge in [-0.1, -0.05) is 228 Å². The number of aliphatic hydroxyl groups is 5. The molecule has 0 aromatic heterocycles. The molecule has 1 saturated heterocycles. The van der Waals surface area contributed by atoms with Crippen LogP contribution in [0.25, 0.3) is 0 Å². The second kappa shape index (κ2) is 56.0. The van der Waals surface area contributed by atoms with Crippen molar-refractivity contribution in [3.8, 4) is 0 Å². The van der Waals surface area contributed by atoms with Gasteiger partial charge in [0.05, 0.1) is 32.0 Å². The van der Waals surface area contributed by atoms with Crippen LogP contribution in [0.5, 0.6) is 0 Å². The third-order valence-electron chi connectivity index (χ3n) is 14.8. The molecule has 6 N–H and O–H groups in total. The highest BCUT2D eigenvalue weighted by Gasteiger charge is 2.44. The summed E-state index contributed by atoms with van der Waals surface area (Å²) < 4.78 is 16.7. The zero-order valence-corrected chi connectivity index (χ0v) is 49.9. The van der Waals surface area contributed by atoms with Crippen LogP contribution in [0.15, 0.2) is 72.9 Å². The molecule has 78 heavy (non-hydrogen) atoms. The van der Waals surface area contributed by atoms with Crippen LogP contribution in [-0.4, -0.2) is 100 Å². The molecule has 11 nitrogen and oxygen atoms in total. The summed E-state index contributed by atoms with van der Waals surface area (Å²) in [4.78, 5) is 25.1. The van der Waals surface area contributed by atoms with E-state index < -0.39 is 49.5 Å². The van der Waals surface area contributed by atoms with Gasteiger partial charge in [-0.2, -0.15) is 0 Å². The Morgan fingerprint density at radius 2 is 0.923 bits per heavy atom. The van der Waals surface area contributed by atoms with E-state index >= 15 is 0 Å². The van der Waals surface area contributed by atoms with Gasteiger partial charge in [-0.25, -0.2) is 0 Å². The molecule has 0 spiro atoms. The smallest absolute Gasteiger partial charge is 0.305 e. The number of amides is 1. The third-order valence-corrected chi connectivity index (χ3v) is 14.8. The number of unbranched alkanes of at least 4 members (excludes halogenated alkanes) is 32. The number of esters is 1. The van der Waals surface area contributed by atoms with Gasteiger partial charge in [0.1, 0.15) is 24.4 Å². The summed E-state index contributed by atoms with van der Waals surface area (Å²) in [6, 6.07) is -0.838. The summed E-state index contributed by atoms with van der Waals surface area (Å²) in [6.07, 6.45) is 64.8. The predicted molar refractivity (Wildman–Crippen MR) is 324 cm³/mol. The number of allylic oxidation sites excluding steroid dienone is 11. The van der Waals surface area contributed by atoms with Crippen molar-refractivity contribution in [1.29, 1.82) is 0 Å². The van der Waals surface area contributed by atoms with Gasteiger partial charge in [0.2, 0.25) is 5.91 Å². The molecule has 1 amide bonds. The van der Waals surface area contributed by atoms with Crippen molar-refractivity contribution in [3.63, 3.8) is 0 Å². The van der Waals surface area contributed by atoms with Crippen LogP contribution < -0.4 is 5.32 Å². The number of aliphatic hydroxyl groups excluding tert-OH is 5. The van der Waals surface area contributed by atoms with Gasteiger partial charge in [0, 0.05) is 12.8 Å². The standard InChI is InChI=1S/C67H119NO10/c1-3-5-7-9-11-13-14-15-16-25-29-32-35-39-43-47-51-55-63(72)76-56-52-48-44-40-36-33-30-27-24-22-20-18-17-19-21-23-26-28-31-34-38-42-46-50-54-62(71)68-59(60(70)53-49-45-41-37-12-10-8-6-4-2)58-77-67-66(75)65(74)64(73)61(57-69)78-67/h4,6,11-13,15-16,19,21,37,49,53,59-61,64-67,69-70,73-75H,3,5,7-10,14,17-18,20,22-36,38-48,50-52,54-58H2,1-2H3,(H,68,71)/b6-4+,13-11-,16-15-,21-19-,37-12+,53-49+. The Hall–Kier alpha value is -2.90. The first-order valence-corrected chi connectivity index (χ1v) is 32.2. The topological polar surface area (TPSA) is 175 Å². The molecular weight excluding hydrogens is 979 g/mol. The highest BCUT2D eigenvalue weighted by atomic mass is 16.7. The maximum Gasteiger partial charge on any atom is 0.305 e. The monoisotopic (exact) mass is 1100 g/mol. The van der Waals surface area contributed by atoms with Gasteiger partial charge in [-0.3, -0.25) is 9.59 Å². The Kier molecular flexibility index (Phi) is 52.5. The Morgan fingerprint density at radius 3 is 1.42 bits per heavy atom. The lowest BCUT2D eigenvalue weighted by Gasteiger charge is -2.40. The molecule has 0 aromatic rings. The van der Waals surface area contributed by atoms with E-state index in [2.05, 4.69) is 66.9 Å². The minimum absolute atomic E-state index is 0.00797. The fourth-order valence-corrected chi connectivity index (χ4v) is 9.73. The van der Waals surface area contributed by atoms with E-state index in [9.17, 15) is 35.1 Å². The summed E-state index contributed by atoms with van der Waals surface area (Å²) >= 11 is 0. The number of ether oxygens (including phenoxy) is 3. The van der Waals surface area contributed by atoms with Crippen LogP contribution in [0.1, 0.15) is 277 Å². The molecule has 1 heterocycles. The molecule has 1 aliphatic heterocycles. The summed E-state index contributed by atoms with van der Waals surface area (Å²) in [7, 11) is 0. The van der Waals surface area contributed by atoms with E-state index in [-0.39, 0.29) is 18.5 Å². The largest absolute Gasteiger partial charge is 0.466 e. The molecule has 0 aliphatic carbocycles. The van der Waals surface area contributed by atoms with Crippen LogP contribution >= 0.6 is 0 Å². The summed E-state index contributed by atoms with van der Waals surface area (Å²) in [5.74, 6) is -0.213. The molecule has 7 unspecified atom stereocenters. The molecule has 0 bridgehead atoms. The van der Waals surface area contributed by atoms with E-state index in [0.717, 1.165) is 89.9 Å². The van der Waals surface area contributed by atoms with Crippen molar-refractivity contribution in [2.75, 3.05) is 19.8 Å². The van der Waals surface area contributed by atoms with Crippen molar-refractivity contribution in [2.45, 2.75) is 320 Å². The minimum Gasteiger partial charge on any atom is -0.466 e. The van der Waals surface area contributed by atoms with Gasteiger partial charge in [-0.05, 0) is 110 Å². The number of nitrogens with one attached hydrogen (secondary N) is 1. The zero-order valence-electron chi connectivity index (χ0n) is 49.9. The fourth-order valence-electron chi connectivity index (χ4n) is 9.73. The third kappa shape index (κ3) is 44.8. The fraction of sp³-hybridized carbons (Fsp3) is 0.791. The van der Waals surface area contributed by atoms with Crippen LogP contribution in [0, 0.1) is 0 Å². The van der Waals surface area contributed by atoms with Crippen molar-refractivity contribution < 1.29 is 49.3 Å². The average Bonchev–Trinajstić information content (AvgIpc) is 3.44. The van der Waals surface area contributed by atoms with Crippen molar-refractivity contribution in [1.82, 2.24) is 5.32 Å². The lowest BCUT2D eigenvalue weighted by atomic mass is 9.99. The molecule has 1 fully saturated rings. The Labute approximate surface area is 477 Å². The summed E-state index contributed by atoms with van der Waals surface area (Å²) in [5.41, 5.74) is 0. The van der Waals surface area contributed by atoms with Gasteiger partial charge in [-0.15, -0.1) is 0 Å². The first-order valence-electron chi connectivity index (χ1n) is 32.2. The van der Waals surface area contributed by atoms with Crippen LogP contribution in [0.2, 0.25) is 0 Å². The minimum atomic E-state index is -1.58. The van der Waals surface area contributed by atoms with Crippen molar-refractivity contribution in [2.24, 2.45) is 0 Å². The quantitative estimate of drug-likeness (QED) is 0.0195. The van der Waals surface area contributed by atoms with E-state index in [4.69, 9.17) is 14.2 Å². The van der Waals surface area contributed by atoms with Crippen molar-refractivity contribution >= 4 is 11.9 Å². The molecule has 452 valence electrons. The van der Waals surface area contributed by atoms with Gasteiger partial charge in [0.25, 0.3) is 0 Å². The normalized spacial score (nSPS) is 19.0. The lowest BCUT2D eigenvalue weighted by Crippen LogP contribution is -2.60. The molecular formula is C67H119NO10. The number of carbonyl (C=O) groups excluding carboxylic acids is 2. The highest BCUT2D eigenvalue weighted by Crippen LogP contribution is 2.23. The maximum absolute atomic E-state index is 13.0. The molecule has 7 atom stereocenters. The number of hydrogen-bond donors (Lipinski definition) is 6. The second-order valence-electron chi connectivity index (χ2n) is 22.1. The van der Waals surface area contributed by atoms with E-state index in [1.54, 1.807) is 6.08 Å². The Balaban J connectivity index is 1.97. The lowest BCUT2D eigenvalue weighted by molar-refractivity contribution is -0.302. The van der Waals surface area contributed by atoms with Crippen molar-refractivity contribution in [3.05, 3.63) is 72.9 Å². The zero-order chi connectivity index (χ0) is 56.6. The van der Waals surface area contributed by atoms with E-state index in [1.165, 1.54) is 161 Å². The number of carbonyl (C=O) groups is 2. The first kappa shape index (κ1) is 73.1. The van der Waals surface area contributed by atoms with E-state index in [0.29, 0.717) is 19.4 Å². The molecule has 0 radical (unpaired) electrons. The van der Waals surface area contributed by atoms with Crippen LogP contribution in [0.3, 0.4) is 0 Å². The van der Waals surface area contributed by atoms with Crippen LogP contribution in [-0.2, 0) is 23.8 Å². The Morgan fingerprint density at radius 1 is 0.500 bits per heavy atom. The predicted octanol–water partition coefficient (Wildman–Crippen LogP) is 15.6. The number of hydrogen-bond acceptors (Lipinski definition) is 10. The molecule has 1 aliphatic rings. The van der Waals surface area contributed by atoms with Crippen LogP contribution in [0.4, 0.5) is 0 Å². The summed E-state index contributed by atoms with van der Waals surface area (Å²) in [6.45, 7) is 4.06. The van der Waals surface area contributed by atoms with Gasteiger partial charge < -0.3 is 45.1 Å². The Bertz CT molecular complexity index is 1520. The first-order chi connectivity index (χ1) is 38.2. The molecule has 11 heteroatoms. The maximum atomic E-state index is 13.0. The highest BCUT2D eigenvalue weighted by molar-refractivity contribution is 5.76.